The van der Waals surface area contributed by atoms with Crippen LogP contribution in [0.5, 0.6) is 5.75 Å². The first-order valence-electron chi connectivity index (χ1n) is 17.4. The molecule has 3 aliphatic rings. The fourth-order valence-corrected chi connectivity index (χ4v) is 6.06. The number of hydrogen-bond donors (Lipinski definition) is 5. The lowest BCUT2D eigenvalue weighted by Crippen LogP contribution is -2.59. The number of aromatic nitrogens is 2. The maximum atomic E-state index is 13.8. The molecule has 1 aliphatic carbocycles. The molecule has 52 heavy (non-hydrogen) atoms. The van der Waals surface area contributed by atoms with Crippen molar-refractivity contribution in [2.45, 2.75) is 89.0 Å². The molecule has 5 amide bonds. The van der Waals surface area contributed by atoms with E-state index < -0.39 is 65.5 Å². The summed E-state index contributed by atoms with van der Waals surface area (Å²) < 4.78 is 33.7. The van der Waals surface area contributed by atoms with Crippen LogP contribution in [0.1, 0.15) is 73.8 Å². The SMILES string of the molecule is CC(C)C[C@H]1COc2ccc(cc2)C[C@H](NC(=O)c2cc(C(F)F)nn2C)C(=O)N[C@H](C)C(=O)NC2(CC2)C(=O)N[C@H](Cc2ccccc2)C(=O)N1. The lowest BCUT2D eigenvalue weighted by atomic mass is 10.0. The normalized spacial score (nSPS) is 22.6. The van der Waals surface area contributed by atoms with Gasteiger partial charge in [0, 0.05) is 19.9 Å². The van der Waals surface area contributed by atoms with Gasteiger partial charge in [-0.2, -0.15) is 5.10 Å². The van der Waals surface area contributed by atoms with E-state index in [1.807, 2.05) is 44.2 Å². The van der Waals surface area contributed by atoms with E-state index in [4.69, 9.17) is 4.74 Å². The molecule has 15 heteroatoms. The van der Waals surface area contributed by atoms with Gasteiger partial charge in [0.15, 0.2) is 0 Å². The standard InChI is InChI=1S/C37H45F2N7O6/c1-21(2)16-25-20-52-26-12-10-24(11-13-26)18-28(42-35(50)30-19-27(31(38)39)45-46(30)4)33(48)40-22(3)32(47)44-37(14-15-37)36(51)43-29(34(49)41-25)17-23-8-6-5-7-9-23/h5-13,19,21-22,25,28-29,31H,14-18,20H2,1-4H3,(H,40,48)(H,41,49)(H,42,50)(H,43,51)(H,44,47)/t22-,25+,28+,29-/m1/s1. The molecule has 1 spiro atoms. The number of nitrogens with zero attached hydrogens (tertiary/aromatic N) is 2. The summed E-state index contributed by atoms with van der Waals surface area (Å²) >= 11 is 0. The van der Waals surface area contributed by atoms with E-state index in [-0.39, 0.29) is 37.0 Å². The van der Waals surface area contributed by atoms with Crippen molar-refractivity contribution in [2.24, 2.45) is 13.0 Å². The van der Waals surface area contributed by atoms with Crippen LogP contribution in [0.15, 0.2) is 60.7 Å². The summed E-state index contributed by atoms with van der Waals surface area (Å²) in [7, 11) is 1.34. The third kappa shape index (κ3) is 9.70. The first kappa shape index (κ1) is 37.9. The number of carbonyl (C=O) groups excluding carboxylic acids is 5. The molecule has 6 rings (SSSR count). The minimum atomic E-state index is -2.90. The van der Waals surface area contributed by atoms with E-state index in [0.29, 0.717) is 30.6 Å². The Morgan fingerprint density at radius 3 is 2.29 bits per heavy atom. The van der Waals surface area contributed by atoms with Gasteiger partial charge < -0.3 is 31.3 Å². The highest BCUT2D eigenvalue weighted by Crippen LogP contribution is 2.36. The quantitative estimate of drug-likeness (QED) is 0.233. The molecule has 1 aromatic heterocycles. The van der Waals surface area contributed by atoms with E-state index in [9.17, 15) is 32.8 Å². The number of aryl methyl sites for hydroxylation is 1. The number of ether oxygens (including phenoxy) is 1. The van der Waals surface area contributed by atoms with Crippen molar-refractivity contribution in [2.75, 3.05) is 6.61 Å². The lowest BCUT2D eigenvalue weighted by molar-refractivity contribution is -0.134. The molecule has 13 nitrogen and oxygen atoms in total. The average Bonchev–Trinajstić information content (AvgIpc) is 3.78. The van der Waals surface area contributed by atoms with E-state index >= 15 is 0 Å². The molecule has 3 aromatic rings. The molecule has 1 fully saturated rings. The number of hydrogen-bond acceptors (Lipinski definition) is 7. The van der Waals surface area contributed by atoms with Crippen LogP contribution in [0.25, 0.3) is 0 Å². The van der Waals surface area contributed by atoms with Gasteiger partial charge in [-0.25, -0.2) is 8.78 Å². The van der Waals surface area contributed by atoms with Crippen molar-refractivity contribution in [1.29, 1.82) is 0 Å². The second kappa shape index (κ2) is 16.3. The summed E-state index contributed by atoms with van der Waals surface area (Å²) in [5.41, 5.74) is -0.586. The maximum Gasteiger partial charge on any atom is 0.282 e. The lowest BCUT2D eigenvalue weighted by Gasteiger charge is -2.27. The summed E-state index contributed by atoms with van der Waals surface area (Å²) in [5.74, 6) is -2.37. The maximum absolute atomic E-state index is 13.8. The van der Waals surface area contributed by atoms with E-state index in [0.717, 1.165) is 16.3 Å². The highest BCUT2D eigenvalue weighted by Gasteiger charge is 2.52. The summed E-state index contributed by atoms with van der Waals surface area (Å²) in [5, 5.41) is 17.6. The predicted octanol–water partition coefficient (Wildman–Crippen LogP) is 2.50. The van der Waals surface area contributed by atoms with Crippen LogP contribution < -0.4 is 31.3 Å². The zero-order chi connectivity index (χ0) is 37.6. The molecule has 4 atom stereocenters. The van der Waals surface area contributed by atoms with E-state index in [2.05, 4.69) is 31.7 Å². The second-order valence-electron chi connectivity index (χ2n) is 13.9. The fraction of sp³-hybridized carbons (Fsp3) is 0.459. The van der Waals surface area contributed by atoms with Crippen molar-refractivity contribution in [3.63, 3.8) is 0 Å². The zero-order valence-electron chi connectivity index (χ0n) is 29.6. The highest BCUT2D eigenvalue weighted by molar-refractivity contribution is 6.00. The van der Waals surface area contributed by atoms with Gasteiger partial charge in [-0.1, -0.05) is 56.3 Å². The Morgan fingerprint density at radius 1 is 0.981 bits per heavy atom. The zero-order valence-corrected chi connectivity index (χ0v) is 29.6. The van der Waals surface area contributed by atoms with Gasteiger partial charge in [0.1, 0.15) is 47.4 Å². The number of rotatable bonds is 7. The average molecular weight is 722 g/mol. The molecule has 3 heterocycles. The number of amides is 5. The molecule has 2 aromatic carbocycles. The summed E-state index contributed by atoms with van der Waals surface area (Å²) in [6.07, 6.45) is -1.46. The second-order valence-corrected chi connectivity index (χ2v) is 13.9. The topological polar surface area (TPSA) is 173 Å². The monoisotopic (exact) mass is 721 g/mol. The summed E-state index contributed by atoms with van der Waals surface area (Å²) in [6.45, 7) is 5.63. The van der Waals surface area contributed by atoms with Crippen LogP contribution in [-0.2, 0) is 39.1 Å². The molecule has 278 valence electrons. The molecular formula is C37H45F2N7O6. The van der Waals surface area contributed by atoms with Crippen LogP contribution in [0.4, 0.5) is 8.78 Å². The van der Waals surface area contributed by atoms with Crippen LogP contribution in [0.2, 0.25) is 0 Å². The van der Waals surface area contributed by atoms with Gasteiger partial charge in [0.05, 0.1) is 6.04 Å². The van der Waals surface area contributed by atoms with Gasteiger partial charge >= 0.3 is 0 Å². The van der Waals surface area contributed by atoms with Crippen molar-refractivity contribution < 1.29 is 37.5 Å². The van der Waals surface area contributed by atoms with Crippen molar-refractivity contribution >= 4 is 29.5 Å². The Balaban J connectivity index is 1.43. The first-order valence-corrected chi connectivity index (χ1v) is 17.4. The number of alkyl halides is 2. The molecule has 2 aliphatic heterocycles. The number of nitrogens with one attached hydrogen (secondary N) is 5. The number of fused-ring (bicyclic) bond motifs is 15. The third-order valence-electron chi connectivity index (χ3n) is 9.10. The smallest absolute Gasteiger partial charge is 0.282 e. The van der Waals surface area contributed by atoms with Crippen LogP contribution >= 0.6 is 0 Å². The number of halogens is 2. The third-order valence-corrected chi connectivity index (χ3v) is 9.10. The van der Waals surface area contributed by atoms with Gasteiger partial charge in [0.25, 0.3) is 12.3 Å². The van der Waals surface area contributed by atoms with E-state index in [1.165, 1.54) is 14.0 Å². The molecule has 0 unspecified atom stereocenters. The molecule has 0 radical (unpaired) electrons. The number of carbonyl (C=O) groups is 5. The Kier molecular flexibility index (Phi) is 11.9. The van der Waals surface area contributed by atoms with Crippen molar-refractivity contribution in [1.82, 2.24) is 36.4 Å². The number of benzene rings is 2. The van der Waals surface area contributed by atoms with Crippen molar-refractivity contribution in [3.8, 4) is 5.75 Å². The molecule has 1 saturated carbocycles. The molecule has 0 saturated heterocycles. The molecule has 2 bridgehead atoms. The van der Waals surface area contributed by atoms with Gasteiger partial charge in [-0.05, 0) is 61.4 Å². The Labute approximate surface area is 300 Å². The van der Waals surface area contributed by atoms with Crippen LogP contribution in [0, 0.1) is 5.92 Å². The fourth-order valence-electron chi connectivity index (χ4n) is 6.06. The van der Waals surface area contributed by atoms with Crippen molar-refractivity contribution in [3.05, 3.63) is 83.2 Å². The highest BCUT2D eigenvalue weighted by atomic mass is 19.3. The van der Waals surface area contributed by atoms with Crippen LogP contribution in [-0.4, -0.2) is 75.6 Å². The minimum Gasteiger partial charge on any atom is -0.491 e. The molecule has 5 N–H and O–H groups in total. The Morgan fingerprint density at radius 2 is 1.67 bits per heavy atom. The van der Waals surface area contributed by atoms with Gasteiger partial charge in [-0.15, -0.1) is 0 Å². The summed E-state index contributed by atoms with van der Waals surface area (Å²) in [4.78, 5) is 67.8. The Bertz CT molecular complexity index is 1760. The molecular weight excluding hydrogens is 676 g/mol. The predicted molar refractivity (Wildman–Crippen MR) is 186 cm³/mol. The van der Waals surface area contributed by atoms with E-state index in [1.54, 1.807) is 24.3 Å². The largest absolute Gasteiger partial charge is 0.491 e. The van der Waals surface area contributed by atoms with Gasteiger partial charge in [0.2, 0.25) is 23.6 Å². The Hall–Kier alpha value is -5.34. The summed E-state index contributed by atoms with van der Waals surface area (Å²) in [6, 6.07) is 13.3. The van der Waals surface area contributed by atoms with Gasteiger partial charge in [-0.3, -0.25) is 28.7 Å². The van der Waals surface area contributed by atoms with Crippen LogP contribution in [0.3, 0.4) is 0 Å². The minimum absolute atomic E-state index is 0.0209. The first-order chi connectivity index (χ1) is 24.7.